The number of rotatable bonds is 6. The molecule has 7 heteroatoms. The number of halogens is 1. The van der Waals surface area contributed by atoms with Crippen molar-refractivity contribution >= 4 is 17.2 Å². The second-order valence-corrected chi connectivity index (χ2v) is 5.27. The largest absolute Gasteiger partial charge is 0.409 e. The molecular weight excluding hydrogens is 293 g/mol. The topological polar surface area (TPSA) is 90.9 Å². The minimum Gasteiger partial charge on any atom is -0.409 e. The smallest absolute Gasteiger partial charge is 0.170 e. The van der Waals surface area contributed by atoms with Crippen LogP contribution in [0.15, 0.2) is 40.2 Å². The van der Waals surface area contributed by atoms with Crippen LogP contribution in [0.5, 0.6) is 0 Å². The molecule has 0 spiro atoms. The molecule has 5 nitrogen and oxygen atoms in total. The van der Waals surface area contributed by atoms with Crippen LogP contribution in [-0.2, 0) is 6.54 Å². The molecule has 2 rings (SSSR count). The molecule has 1 aromatic carbocycles. The van der Waals surface area contributed by atoms with E-state index in [4.69, 9.17) is 10.9 Å². The van der Waals surface area contributed by atoms with E-state index in [1.807, 2.05) is 16.8 Å². The highest BCUT2D eigenvalue weighted by atomic mass is 32.1. The van der Waals surface area contributed by atoms with E-state index in [-0.39, 0.29) is 5.84 Å². The highest BCUT2D eigenvalue weighted by molar-refractivity contribution is 7.07. The molecule has 5 N–H and O–H groups in total. The zero-order valence-corrected chi connectivity index (χ0v) is 12.0. The number of amidine groups is 1. The molecule has 1 unspecified atom stereocenters. The van der Waals surface area contributed by atoms with Crippen molar-refractivity contribution in [2.45, 2.75) is 12.6 Å². The normalized spacial score (nSPS) is 13.3. The third-order valence-corrected chi connectivity index (χ3v) is 3.74. The molecule has 21 heavy (non-hydrogen) atoms. The molecule has 0 saturated carbocycles. The lowest BCUT2D eigenvalue weighted by Crippen LogP contribution is -2.23. The first-order chi connectivity index (χ1) is 10.1. The summed E-state index contributed by atoms with van der Waals surface area (Å²) in [7, 11) is 0. The maximum atomic E-state index is 13.2. The average Bonchev–Trinajstić information content (AvgIpc) is 3.02. The summed E-state index contributed by atoms with van der Waals surface area (Å²) < 4.78 is 13.2. The van der Waals surface area contributed by atoms with Gasteiger partial charge in [0, 0.05) is 18.7 Å². The summed E-state index contributed by atoms with van der Waals surface area (Å²) in [6, 6.07) is 5.94. The predicted molar refractivity (Wildman–Crippen MR) is 79.9 cm³/mol. The fraction of sp³-hybridized carbons (Fsp3) is 0.214. The van der Waals surface area contributed by atoms with Gasteiger partial charge in [-0.25, -0.2) is 4.39 Å². The highest BCUT2D eigenvalue weighted by Crippen LogP contribution is 2.16. The molecule has 0 radical (unpaired) electrons. The monoisotopic (exact) mass is 309 g/mol. The summed E-state index contributed by atoms with van der Waals surface area (Å²) in [5.41, 5.74) is 7.39. The Hall–Kier alpha value is -1.96. The Morgan fingerprint density at radius 3 is 2.90 bits per heavy atom. The fourth-order valence-corrected chi connectivity index (χ4v) is 2.63. The summed E-state index contributed by atoms with van der Waals surface area (Å²) in [6.07, 6.45) is -0.607. The standard InChI is InChI=1S/C14H16FN3O2S/c15-11-2-1-9(12(5-11)14(16)18-20)6-17-7-13(19)10-3-4-21-8-10/h1-5,8,13,17,19-20H,6-7H2,(H2,16,18). The van der Waals surface area contributed by atoms with Crippen LogP contribution in [0.3, 0.4) is 0 Å². The molecular formula is C14H16FN3O2S. The van der Waals surface area contributed by atoms with Crippen LogP contribution in [0.4, 0.5) is 4.39 Å². The molecule has 1 heterocycles. The molecule has 0 amide bonds. The zero-order valence-electron chi connectivity index (χ0n) is 11.2. The van der Waals surface area contributed by atoms with Gasteiger partial charge in [0.25, 0.3) is 0 Å². The Morgan fingerprint density at radius 2 is 2.24 bits per heavy atom. The van der Waals surface area contributed by atoms with Gasteiger partial charge >= 0.3 is 0 Å². The summed E-state index contributed by atoms with van der Waals surface area (Å²) >= 11 is 1.52. The van der Waals surface area contributed by atoms with Crippen LogP contribution in [0.2, 0.25) is 0 Å². The van der Waals surface area contributed by atoms with Crippen LogP contribution in [-0.4, -0.2) is 22.7 Å². The number of nitrogens with zero attached hydrogens (tertiary/aromatic N) is 1. The van der Waals surface area contributed by atoms with E-state index in [0.717, 1.165) is 5.56 Å². The van der Waals surface area contributed by atoms with E-state index in [1.54, 1.807) is 6.07 Å². The van der Waals surface area contributed by atoms with Gasteiger partial charge in [0.15, 0.2) is 5.84 Å². The van der Waals surface area contributed by atoms with Gasteiger partial charge in [0.2, 0.25) is 0 Å². The van der Waals surface area contributed by atoms with Gasteiger partial charge in [0.05, 0.1) is 6.10 Å². The average molecular weight is 309 g/mol. The van der Waals surface area contributed by atoms with E-state index in [9.17, 15) is 9.50 Å². The van der Waals surface area contributed by atoms with E-state index < -0.39 is 11.9 Å². The van der Waals surface area contributed by atoms with E-state index in [0.29, 0.717) is 24.2 Å². The first-order valence-corrected chi connectivity index (χ1v) is 7.23. The van der Waals surface area contributed by atoms with Crippen molar-refractivity contribution in [3.63, 3.8) is 0 Å². The van der Waals surface area contributed by atoms with Crippen molar-refractivity contribution in [1.82, 2.24) is 5.32 Å². The van der Waals surface area contributed by atoms with Crippen molar-refractivity contribution in [3.05, 3.63) is 57.5 Å². The molecule has 0 aliphatic carbocycles. The number of aliphatic hydroxyl groups excluding tert-OH is 1. The van der Waals surface area contributed by atoms with Crippen LogP contribution in [0.25, 0.3) is 0 Å². The predicted octanol–water partition coefficient (Wildman–Crippen LogP) is 1.80. The lowest BCUT2D eigenvalue weighted by Gasteiger charge is -2.13. The molecule has 0 aliphatic rings. The van der Waals surface area contributed by atoms with Gasteiger partial charge < -0.3 is 21.4 Å². The zero-order chi connectivity index (χ0) is 15.2. The molecule has 112 valence electrons. The lowest BCUT2D eigenvalue weighted by molar-refractivity contribution is 0.175. The Morgan fingerprint density at radius 1 is 1.43 bits per heavy atom. The quantitative estimate of drug-likeness (QED) is 0.283. The van der Waals surface area contributed by atoms with Crippen molar-refractivity contribution in [3.8, 4) is 0 Å². The van der Waals surface area contributed by atoms with E-state index in [1.165, 1.54) is 23.5 Å². The molecule has 0 aliphatic heterocycles. The first kappa shape index (κ1) is 15.4. The lowest BCUT2D eigenvalue weighted by atomic mass is 10.1. The molecule has 1 atom stereocenters. The number of nitrogens with two attached hydrogens (primary N) is 1. The summed E-state index contributed by atoms with van der Waals surface area (Å²) in [6.45, 7) is 0.719. The minimum atomic E-state index is -0.607. The van der Waals surface area contributed by atoms with Gasteiger partial charge in [0.1, 0.15) is 5.82 Å². The van der Waals surface area contributed by atoms with E-state index >= 15 is 0 Å². The number of aliphatic hydroxyl groups is 1. The maximum Gasteiger partial charge on any atom is 0.170 e. The summed E-state index contributed by atoms with van der Waals surface area (Å²) in [5, 5.41) is 28.4. The maximum absolute atomic E-state index is 13.2. The fourth-order valence-electron chi connectivity index (χ4n) is 1.92. The Kier molecular flexibility index (Phi) is 5.26. The summed E-state index contributed by atoms with van der Waals surface area (Å²) in [4.78, 5) is 0. The molecule has 0 fully saturated rings. The highest BCUT2D eigenvalue weighted by Gasteiger charge is 2.11. The minimum absolute atomic E-state index is 0.148. The molecule has 2 aromatic rings. The number of hydrogen-bond donors (Lipinski definition) is 4. The molecule has 0 bridgehead atoms. The van der Waals surface area contributed by atoms with E-state index in [2.05, 4.69) is 10.5 Å². The van der Waals surface area contributed by atoms with Gasteiger partial charge in [-0.15, -0.1) is 0 Å². The second kappa shape index (κ2) is 7.16. The Labute approximate surface area is 125 Å². The van der Waals surface area contributed by atoms with Crippen molar-refractivity contribution in [1.29, 1.82) is 0 Å². The number of benzene rings is 1. The van der Waals surface area contributed by atoms with Crippen molar-refractivity contribution < 1.29 is 14.7 Å². The molecule has 1 aromatic heterocycles. The number of hydrogen-bond acceptors (Lipinski definition) is 5. The Balaban J connectivity index is 2.00. The van der Waals surface area contributed by atoms with Crippen LogP contribution >= 0.6 is 11.3 Å². The van der Waals surface area contributed by atoms with Crippen LogP contribution < -0.4 is 11.1 Å². The number of oxime groups is 1. The molecule has 0 saturated heterocycles. The van der Waals surface area contributed by atoms with Crippen LogP contribution in [0.1, 0.15) is 22.8 Å². The third kappa shape index (κ3) is 4.01. The van der Waals surface area contributed by atoms with Gasteiger partial charge in [-0.2, -0.15) is 11.3 Å². The number of nitrogens with one attached hydrogen (secondary N) is 1. The summed E-state index contributed by atoms with van der Waals surface area (Å²) in [5.74, 6) is -0.608. The first-order valence-electron chi connectivity index (χ1n) is 6.29. The third-order valence-electron chi connectivity index (χ3n) is 3.04. The van der Waals surface area contributed by atoms with Gasteiger partial charge in [-0.3, -0.25) is 0 Å². The second-order valence-electron chi connectivity index (χ2n) is 4.49. The van der Waals surface area contributed by atoms with Crippen molar-refractivity contribution in [2.24, 2.45) is 10.9 Å². The van der Waals surface area contributed by atoms with Crippen LogP contribution in [0, 0.1) is 5.82 Å². The van der Waals surface area contributed by atoms with Gasteiger partial charge in [-0.1, -0.05) is 11.2 Å². The van der Waals surface area contributed by atoms with Crippen molar-refractivity contribution in [2.75, 3.05) is 6.54 Å². The van der Waals surface area contributed by atoms with Gasteiger partial charge in [-0.05, 0) is 40.1 Å². The number of thiophene rings is 1. The SMILES string of the molecule is N/C(=N/O)c1cc(F)ccc1CNCC(O)c1ccsc1. The Bertz CT molecular complexity index is 617.